The molecule has 0 aliphatic rings. The van der Waals surface area contributed by atoms with E-state index in [1.807, 2.05) is 38.1 Å². The van der Waals surface area contributed by atoms with Crippen LogP contribution in [0.4, 0.5) is 21.7 Å². The van der Waals surface area contributed by atoms with Gasteiger partial charge in [-0.25, -0.2) is 14.4 Å². The van der Waals surface area contributed by atoms with Crippen LogP contribution in [-0.2, 0) is 0 Å². The lowest BCUT2D eigenvalue weighted by Gasteiger charge is -2.15. The lowest BCUT2D eigenvalue weighted by atomic mass is 10.2. The Morgan fingerprint density at radius 1 is 1.07 bits per heavy atom. The summed E-state index contributed by atoms with van der Waals surface area (Å²) in [6, 6.07) is 14.6. The van der Waals surface area contributed by atoms with Crippen LogP contribution in [0, 0.1) is 12.7 Å². The van der Waals surface area contributed by atoms with Crippen LogP contribution in [0.1, 0.15) is 30.0 Å². The van der Waals surface area contributed by atoms with Crippen LogP contribution < -0.4 is 15.4 Å². The van der Waals surface area contributed by atoms with E-state index in [-0.39, 0.29) is 23.6 Å². The van der Waals surface area contributed by atoms with E-state index in [9.17, 15) is 9.18 Å². The number of para-hydroxylation sites is 2. The summed E-state index contributed by atoms with van der Waals surface area (Å²) in [5.74, 6) is 0.167. The lowest BCUT2D eigenvalue weighted by molar-refractivity contribution is 0.102. The van der Waals surface area contributed by atoms with Gasteiger partial charge in [0.05, 0.1) is 11.8 Å². The van der Waals surface area contributed by atoms with Crippen molar-refractivity contribution < 1.29 is 13.9 Å². The SMILES string of the molecule is Cc1cc(C(=O)Nc2ccc(F)cc2)nc(Nc2ccccc2OC(C)C)n1. The normalized spacial score (nSPS) is 10.6. The molecule has 2 N–H and O–H groups in total. The molecule has 0 spiro atoms. The Bertz CT molecular complexity index is 974. The van der Waals surface area contributed by atoms with Crippen LogP contribution in [-0.4, -0.2) is 22.0 Å². The predicted molar refractivity (Wildman–Crippen MR) is 107 cm³/mol. The molecule has 0 saturated carbocycles. The minimum atomic E-state index is -0.410. The van der Waals surface area contributed by atoms with Gasteiger partial charge in [0.1, 0.15) is 17.3 Å². The van der Waals surface area contributed by atoms with Gasteiger partial charge in [0.25, 0.3) is 5.91 Å². The number of aryl methyl sites for hydroxylation is 1. The Balaban J connectivity index is 1.82. The number of ether oxygens (including phenoxy) is 1. The third-order valence-corrected chi connectivity index (χ3v) is 3.69. The van der Waals surface area contributed by atoms with E-state index in [1.165, 1.54) is 24.3 Å². The molecule has 3 rings (SSSR count). The molecule has 144 valence electrons. The number of hydrogen-bond donors (Lipinski definition) is 2. The fourth-order valence-electron chi connectivity index (χ4n) is 2.52. The molecule has 0 unspecified atom stereocenters. The van der Waals surface area contributed by atoms with Crippen molar-refractivity contribution in [3.8, 4) is 5.75 Å². The van der Waals surface area contributed by atoms with Gasteiger partial charge in [-0.05, 0) is 63.2 Å². The van der Waals surface area contributed by atoms with E-state index in [1.54, 1.807) is 13.0 Å². The van der Waals surface area contributed by atoms with Gasteiger partial charge >= 0.3 is 0 Å². The van der Waals surface area contributed by atoms with E-state index >= 15 is 0 Å². The second-order valence-electron chi connectivity index (χ2n) is 6.47. The van der Waals surface area contributed by atoms with Gasteiger partial charge in [0.2, 0.25) is 5.95 Å². The first-order valence-corrected chi connectivity index (χ1v) is 8.86. The molecule has 0 aliphatic heterocycles. The highest BCUT2D eigenvalue weighted by atomic mass is 19.1. The number of hydrogen-bond acceptors (Lipinski definition) is 5. The monoisotopic (exact) mass is 380 g/mol. The number of nitrogens with one attached hydrogen (secondary N) is 2. The minimum absolute atomic E-state index is 0.0124. The molecule has 2 aromatic carbocycles. The van der Waals surface area contributed by atoms with Crippen molar-refractivity contribution in [1.82, 2.24) is 9.97 Å². The smallest absolute Gasteiger partial charge is 0.274 e. The molecule has 0 bridgehead atoms. The number of halogens is 1. The molecule has 0 fully saturated rings. The van der Waals surface area contributed by atoms with Crippen molar-refractivity contribution in [2.75, 3.05) is 10.6 Å². The van der Waals surface area contributed by atoms with Crippen molar-refractivity contribution in [3.05, 3.63) is 71.8 Å². The Morgan fingerprint density at radius 3 is 2.50 bits per heavy atom. The Morgan fingerprint density at radius 2 is 1.79 bits per heavy atom. The van der Waals surface area contributed by atoms with Gasteiger partial charge in [-0.2, -0.15) is 0 Å². The third-order valence-electron chi connectivity index (χ3n) is 3.69. The largest absolute Gasteiger partial charge is 0.489 e. The Kier molecular flexibility index (Phi) is 5.84. The van der Waals surface area contributed by atoms with Gasteiger partial charge in [-0.3, -0.25) is 4.79 Å². The number of rotatable bonds is 6. The molecule has 3 aromatic rings. The molecule has 6 nitrogen and oxygen atoms in total. The zero-order valence-corrected chi connectivity index (χ0v) is 15.9. The van der Waals surface area contributed by atoms with E-state index < -0.39 is 5.91 Å². The molecule has 28 heavy (non-hydrogen) atoms. The van der Waals surface area contributed by atoms with Gasteiger partial charge in [0.15, 0.2) is 0 Å². The van der Waals surface area contributed by atoms with E-state index in [2.05, 4.69) is 20.6 Å². The van der Waals surface area contributed by atoms with Crippen molar-refractivity contribution >= 4 is 23.2 Å². The highest BCUT2D eigenvalue weighted by molar-refractivity contribution is 6.03. The van der Waals surface area contributed by atoms with E-state index in [0.29, 0.717) is 22.8 Å². The first-order chi connectivity index (χ1) is 13.4. The summed E-state index contributed by atoms with van der Waals surface area (Å²) < 4.78 is 18.8. The number of aromatic nitrogens is 2. The van der Waals surface area contributed by atoms with E-state index in [4.69, 9.17) is 4.74 Å². The first-order valence-electron chi connectivity index (χ1n) is 8.86. The minimum Gasteiger partial charge on any atom is -0.489 e. The predicted octanol–water partition coefficient (Wildman–Crippen LogP) is 4.71. The molecular formula is C21H21FN4O2. The molecule has 1 heterocycles. The molecule has 0 radical (unpaired) electrons. The lowest BCUT2D eigenvalue weighted by Crippen LogP contribution is -2.15. The van der Waals surface area contributed by atoms with Crippen LogP contribution in [0.3, 0.4) is 0 Å². The van der Waals surface area contributed by atoms with E-state index in [0.717, 1.165) is 0 Å². The maximum Gasteiger partial charge on any atom is 0.274 e. The van der Waals surface area contributed by atoms with Crippen LogP contribution in [0.15, 0.2) is 54.6 Å². The van der Waals surface area contributed by atoms with Crippen molar-refractivity contribution in [2.24, 2.45) is 0 Å². The second kappa shape index (κ2) is 8.47. The van der Waals surface area contributed by atoms with Crippen LogP contribution >= 0.6 is 0 Å². The maximum atomic E-state index is 13.0. The average molecular weight is 380 g/mol. The average Bonchev–Trinajstić information content (AvgIpc) is 2.64. The summed E-state index contributed by atoms with van der Waals surface area (Å²) in [4.78, 5) is 21.2. The summed E-state index contributed by atoms with van der Waals surface area (Å²) in [7, 11) is 0. The number of nitrogens with zero attached hydrogens (tertiary/aromatic N) is 2. The van der Waals surface area contributed by atoms with Gasteiger partial charge < -0.3 is 15.4 Å². The molecule has 1 amide bonds. The van der Waals surface area contributed by atoms with Crippen molar-refractivity contribution in [3.63, 3.8) is 0 Å². The van der Waals surface area contributed by atoms with Gasteiger partial charge in [-0.1, -0.05) is 12.1 Å². The summed E-state index contributed by atoms with van der Waals surface area (Å²) in [6.45, 7) is 5.66. The maximum absolute atomic E-state index is 13.0. The summed E-state index contributed by atoms with van der Waals surface area (Å²) in [6.07, 6.45) is 0.0124. The standard InChI is InChI=1S/C21H21FN4O2/c1-13(2)28-19-7-5-4-6-17(19)25-21-23-14(3)12-18(26-21)20(27)24-16-10-8-15(22)9-11-16/h4-13H,1-3H3,(H,24,27)(H,23,25,26). The molecule has 0 atom stereocenters. The van der Waals surface area contributed by atoms with Gasteiger partial charge in [-0.15, -0.1) is 0 Å². The highest BCUT2D eigenvalue weighted by Gasteiger charge is 2.13. The molecule has 7 heteroatoms. The Hall–Kier alpha value is -3.48. The molecule has 0 aliphatic carbocycles. The van der Waals surface area contributed by atoms with Crippen LogP contribution in [0.25, 0.3) is 0 Å². The number of carbonyl (C=O) groups excluding carboxylic acids is 1. The molecule has 0 saturated heterocycles. The third kappa shape index (κ3) is 5.03. The fourth-order valence-corrected chi connectivity index (χ4v) is 2.52. The highest BCUT2D eigenvalue weighted by Crippen LogP contribution is 2.27. The van der Waals surface area contributed by atoms with Crippen LogP contribution in [0.5, 0.6) is 5.75 Å². The van der Waals surface area contributed by atoms with Gasteiger partial charge in [0, 0.05) is 11.4 Å². The summed E-state index contributed by atoms with van der Waals surface area (Å²) in [5, 5.41) is 5.80. The molecule has 1 aromatic heterocycles. The van der Waals surface area contributed by atoms with Crippen molar-refractivity contribution in [2.45, 2.75) is 26.9 Å². The quantitative estimate of drug-likeness (QED) is 0.648. The second-order valence-corrected chi connectivity index (χ2v) is 6.47. The topological polar surface area (TPSA) is 76.1 Å². The van der Waals surface area contributed by atoms with Crippen molar-refractivity contribution in [1.29, 1.82) is 0 Å². The number of anilines is 3. The zero-order chi connectivity index (χ0) is 20.1. The summed E-state index contributed by atoms with van der Waals surface area (Å²) >= 11 is 0. The summed E-state index contributed by atoms with van der Waals surface area (Å²) in [5.41, 5.74) is 2.00. The van der Waals surface area contributed by atoms with Crippen LogP contribution in [0.2, 0.25) is 0 Å². The zero-order valence-electron chi connectivity index (χ0n) is 15.9. The fraction of sp³-hybridized carbons (Fsp3) is 0.190. The Labute approximate surface area is 162 Å². The molecular weight excluding hydrogens is 359 g/mol. The number of benzene rings is 2. The number of amides is 1. The number of carbonyl (C=O) groups is 1. The first kappa shape index (κ1) is 19.3.